The zero-order valence-corrected chi connectivity index (χ0v) is 14.3. The third-order valence-corrected chi connectivity index (χ3v) is 3.85. The molecule has 0 radical (unpaired) electrons. The Hall–Kier alpha value is -1.37. The van der Waals surface area contributed by atoms with Gasteiger partial charge in [0.15, 0.2) is 0 Å². The lowest BCUT2D eigenvalue weighted by atomic mass is 10.2. The first-order chi connectivity index (χ1) is 10.9. The maximum Gasteiger partial charge on any atom is 0.341 e. The lowest BCUT2D eigenvalue weighted by Crippen LogP contribution is -2.25. The first-order valence-electron chi connectivity index (χ1n) is 7.83. The number of rotatable bonds is 6. The van der Waals surface area contributed by atoms with Crippen molar-refractivity contribution >= 4 is 23.3 Å². The van der Waals surface area contributed by atoms with Gasteiger partial charge in [0.2, 0.25) is 0 Å². The second kappa shape index (κ2) is 7.95. The SMILES string of the molecule is CCOC(=O)c1cnc(Cl)cc1NC1CC(O)C(OC(C)C)C1. The molecular formula is C16H23ClN2O4. The van der Waals surface area contributed by atoms with E-state index in [9.17, 15) is 9.90 Å². The van der Waals surface area contributed by atoms with Gasteiger partial charge in [-0.2, -0.15) is 0 Å². The van der Waals surface area contributed by atoms with Crippen molar-refractivity contribution in [2.45, 2.75) is 58.0 Å². The predicted octanol–water partition coefficient (Wildman–Crippen LogP) is 2.64. The van der Waals surface area contributed by atoms with E-state index in [2.05, 4.69) is 10.3 Å². The average molecular weight is 343 g/mol. The van der Waals surface area contributed by atoms with E-state index in [1.165, 1.54) is 6.20 Å². The van der Waals surface area contributed by atoms with Crippen LogP contribution in [0.5, 0.6) is 0 Å². The number of hydrogen-bond donors (Lipinski definition) is 2. The maximum absolute atomic E-state index is 12.0. The summed E-state index contributed by atoms with van der Waals surface area (Å²) >= 11 is 5.93. The van der Waals surface area contributed by atoms with Gasteiger partial charge in [-0.3, -0.25) is 0 Å². The fourth-order valence-corrected chi connectivity index (χ4v) is 2.89. The predicted molar refractivity (Wildman–Crippen MR) is 87.9 cm³/mol. The quantitative estimate of drug-likeness (QED) is 0.611. The Kier molecular flexibility index (Phi) is 6.21. The number of ether oxygens (including phenoxy) is 2. The molecule has 2 N–H and O–H groups in total. The number of anilines is 1. The van der Waals surface area contributed by atoms with Gasteiger partial charge in [-0.25, -0.2) is 9.78 Å². The van der Waals surface area contributed by atoms with Gasteiger partial charge in [0.05, 0.1) is 30.6 Å². The van der Waals surface area contributed by atoms with Gasteiger partial charge in [-0.05, 0) is 39.7 Å². The number of carbonyl (C=O) groups excluding carboxylic acids is 1. The van der Waals surface area contributed by atoms with Crippen molar-refractivity contribution in [3.05, 3.63) is 23.0 Å². The Morgan fingerprint density at radius 1 is 1.52 bits per heavy atom. The Morgan fingerprint density at radius 3 is 2.91 bits per heavy atom. The molecule has 1 aliphatic carbocycles. The first-order valence-corrected chi connectivity index (χ1v) is 8.21. The minimum Gasteiger partial charge on any atom is -0.462 e. The molecule has 1 aromatic heterocycles. The minimum atomic E-state index is -0.529. The number of nitrogens with zero attached hydrogens (tertiary/aromatic N) is 1. The highest BCUT2D eigenvalue weighted by Crippen LogP contribution is 2.29. The van der Waals surface area contributed by atoms with Crippen LogP contribution >= 0.6 is 11.6 Å². The van der Waals surface area contributed by atoms with Crippen molar-refractivity contribution in [3.63, 3.8) is 0 Å². The Morgan fingerprint density at radius 2 is 2.26 bits per heavy atom. The summed E-state index contributed by atoms with van der Waals surface area (Å²) in [6.07, 6.45) is 1.91. The molecule has 0 amide bonds. The lowest BCUT2D eigenvalue weighted by molar-refractivity contribution is -0.0482. The second-order valence-corrected chi connectivity index (χ2v) is 6.26. The van der Waals surface area contributed by atoms with Gasteiger partial charge in [-0.1, -0.05) is 11.6 Å². The highest BCUT2D eigenvalue weighted by atomic mass is 35.5. The van der Waals surface area contributed by atoms with Crippen molar-refractivity contribution in [2.75, 3.05) is 11.9 Å². The Balaban J connectivity index is 2.11. The molecule has 3 atom stereocenters. The highest BCUT2D eigenvalue weighted by molar-refractivity contribution is 6.29. The Bertz CT molecular complexity index is 553. The summed E-state index contributed by atoms with van der Waals surface area (Å²) in [7, 11) is 0. The standard InChI is InChI=1S/C16H23ClN2O4/c1-4-22-16(21)11-8-18-15(17)7-12(11)19-10-5-13(20)14(6-10)23-9(2)3/h7-10,13-14,20H,4-6H2,1-3H3,(H,18,19). The van der Waals surface area contributed by atoms with Gasteiger partial charge in [0.25, 0.3) is 0 Å². The van der Waals surface area contributed by atoms with Crippen LogP contribution in [0.2, 0.25) is 5.15 Å². The molecule has 0 spiro atoms. The highest BCUT2D eigenvalue weighted by Gasteiger charge is 2.34. The van der Waals surface area contributed by atoms with E-state index < -0.39 is 12.1 Å². The number of aliphatic hydroxyl groups excluding tert-OH is 1. The van der Waals surface area contributed by atoms with E-state index in [-0.39, 0.29) is 30.0 Å². The molecule has 3 unspecified atom stereocenters. The summed E-state index contributed by atoms with van der Waals surface area (Å²) in [5.41, 5.74) is 0.893. The zero-order chi connectivity index (χ0) is 17.0. The van der Waals surface area contributed by atoms with Gasteiger partial charge in [-0.15, -0.1) is 0 Å². The number of halogens is 1. The number of aliphatic hydroxyl groups is 1. The molecule has 1 saturated carbocycles. The average Bonchev–Trinajstić information content (AvgIpc) is 2.78. The van der Waals surface area contributed by atoms with Crippen LogP contribution in [0.4, 0.5) is 5.69 Å². The van der Waals surface area contributed by atoms with Crippen molar-refractivity contribution in [2.24, 2.45) is 0 Å². The molecule has 6 nitrogen and oxygen atoms in total. The molecule has 7 heteroatoms. The second-order valence-electron chi connectivity index (χ2n) is 5.88. The van der Waals surface area contributed by atoms with Gasteiger partial charge in [0, 0.05) is 12.2 Å². The fourth-order valence-electron chi connectivity index (χ4n) is 2.73. The zero-order valence-electron chi connectivity index (χ0n) is 13.6. The molecule has 0 bridgehead atoms. The van der Waals surface area contributed by atoms with E-state index in [4.69, 9.17) is 21.1 Å². The van der Waals surface area contributed by atoms with Crippen LogP contribution in [0.3, 0.4) is 0 Å². The largest absolute Gasteiger partial charge is 0.462 e. The first kappa shape index (κ1) is 18.0. The molecule has 1 aromatic rings. The topological polar surface area (TPSA) is 80.7 Å². The van der Waals surface area contributed by atoms with Crippen molar-refractivity contribution < 1.29 is 19.4 Å². The van der Waals surface area contributed by atoms with Crippen LogP contribution in [-0.2, 0) is 9.47 Å². The van der Waals surface area contributed by atoms with E-state index in [1.54, 1.807) is 13.0 Å². The molecule has 0 aliphatic heterocycles. The van der Waals surface area contributed by atoms with Crippen LogP contribution in [0, 0.1) is 0 Å². The van der Waals surface area contributed by atoms with Crippen LogP contribution in [0.25, 0.3) is 0 Å². The number of pyridine rings is 1. The molecule has 1 aliphatic rings. The molecule has 23 heavy (non-hydrogen) atoms. The fraction of sp³-hybridized carbons (Fsp3) is 0.625. The summed E-state index contributed by atoms with van der Waals surface area (Å²) in [6.45, 7) is 5.91. The number of hydrogen-bond acceptors (Lipinski definition) is 6. The molecule has 0 saturated heterocycles. The molecule has 0 aromatic carbocycles. The van der Waals surface area contributed by atoms with Crippen molar-refractivity contribution in [3.8, 4) is 0 Å². The third-order valence-electron chi connectivity index (χ3n) is 3.64. The number of aromatic nitrogens is 1. The number of nitrogens with one attached hydrogen (secondary N) is 1. The lowest BCUT2D eigenvalue weighted by Gasteiger charge is -2.19. The van der Waals surface area contributed by atoms with Crippen molar-refractivity contribution in [1.29, 1.82) is 0 Å². The van der Waals surface area contributed by atoms with E-state index in [0.29, 0.717) is 24.1 Å². The molecule has 128 valence electrons. The smallest absolute Gasteiger partial charge is 0.341 e. The van der Waals surface area contributed by atoms with E-state index in [1.807, 2.05) is 13.8 Å². The van der Waals surface area contributed by atoms with Crippen LogP contribution in [0.15, 0.2) is 12.3 Å². The summed E-state index contributed by atoms with van der Waals surface area (Å²) in [6, 6.07) is 1.58. The van der Waals surface area contributed by atoms with Crippen LogP contribution in [-0.4, -0.2) is 47.0 Å². The Labute approximate surface area is 141 Å². The van der Waals surface area contributed by atoms with Crippen LogP contribution in [0.1, 0.15) is 44.0 Å². The molecule has 1 heterocycles. The summed E-state index contributed by atoms with van der Waals surface area (Å²) in [5, 5.41) is 13.7. The molecular weight excluding hydrogens is 320 g/mol. The van der Waals surface area contributed by atoms with Gasteiger partial charge in [0.1, 0.15) is 10.7 Å². The summed E-state index contributed by atoms with van der Waals surface area (Å²) < 4.78 is 10.7. The monoisotopic (exact) mass is 342 g/mol. The summed E-state index contributed by atoms with van der Waals surface area (Å²) in [4.78, 5) is 15.9. The van der Waals surface area contributed by atoms with Gasteiger partial charge >= 0.3 is 5.97 Å². The van der Waals surface area contributed by atoms with E-state index >= 15 is 0 Å². The number of carbonyl (C=O) groups is 1. The molecule has 1 fully saturated rings. The normalized spacial score (nSPS) is 24.0. The van der Waals surface area contributed by atoms with E-state index in [0.717, 1.165) is 0 Å². The maximum atomic E-state index is 12.0. The minimum absolute atomic E-state index is 0.0135. The van der Waals surface area contributed by atoms with Crippen molar-refractivity contribution in [1.82, 2.24) is 4.98 Å². The van der Waals surface area contributed by atoms with Gasteiger partial charge < -0.3 is 19.9 Å². The molecule has 2 rings (SSSR count). The third kappa shape index (κ3) is 4.80. The van der Waals surface area contributed by atoms with Crippen LogP contribution < -0.4 is 5.32 Å². The number of esters is 1. The summed E-state index contributed by atoms with van der Waals surface area (Å²) in [5.74, 6) is -0.451.